The van der Waals surface area contributed by atoms with Gasteiger partial charge in [0.2, 0.25) is 0 Å². The highest BCUT2D eigenvalue weighted by molar-refractivity contribution is 5.97. The number of nitrogens with one attached hydrogen (secondary N) is 2. The first-order valence-corrected chi connectivity index (χ1v) is 9.55. The third-order valence-corrected chi connectivity index (χ3v) is 3.93. The van der Waals surface area contributed by atoms with E-state index in [-0.39, 0.29) is 6.54 Å². The third kappa shape index (κ3) is 7.75. The fourth-order valence-corrected chi connectivity index (χ4v) is 2.32. The third-order valence-electron chi connectivity index (χ3n) is 3.93. The SMILES string of the molecule is CCCCOC(=O)c1ccc(NC(=O)COC(=O)CNC(=O)c2ccccc2)cc1. The number of carbonyl (C=O) groups is 4. The van der Waals surface area contributed by atoms with Crippen LogP contribution in [0.4, 0.5) is 5.69 Å². The van der Waals surface area contributed by atoms with Crippen molar-refractivity contribution in [2.45, 2.75) is 19.8 Å². The highest BCUT2D eigenvalue weighted by atomic mass is 16.5. The summed E-state index contributed by atoms with van der Waals surface area (Å²) >= 11 is 0. The number of hydrogen-bond acceptors (Lipinski definition) is 6. The Labute approximate surface area is 174 Å². The molecule has 8 nitrogen and oxygen atoms in total. The minimum atomic E-state index is -0.736. The van der Waals surface area contributed by atoms with Gasteiger partial charge in [0, 0.05) is 11.3 Å². The van der Waals surface area contributed by atoms with E-state index in [4.69, 9.17) is 9.47 Å². The summed E-state index contributed by atoms with van der Waals surface area (Å²) in [7, 11) is 0. The molecule has 0 saturated carbocycles. The molecule has 2 aromatic carbocycles. The van der Waals surface area contributed by atoms with Gasteiger partial charge in [-0.25, -0.2) is 4.79 Å². The minimum Gasteiger partial charge on any atom is -0.462 e. The largest absolute Gasteiger partial charge is 0.462 e. The summed E-state index contributed by atoms with van der Waals surface area (Å²) in [6.07, 6.45) is 1.73. The quantitative estimate of drug-likeness (QED) is 0.458. The monoisotopic (exact) mass is 412 g/mol. The lowest BCUT2D eigenvalue weighted by Gasteiger charge is -2.08. The second-order valence-corrected chi connectivity index (χ2v) is 6.32. The summed E-state index contributed by atoms with van der Waals surface area (Å²) in [5, 5.41) is 4.97. The van der Waals surface area contributed by atoms with Crippen LogP contribution in [0.5, 0.6) is 0 Å². The molecule has 0 aliphatic carbocycles. The molecule has 8 heteroatoms. The number of benzene rings is 2. The molecule has 0 radical (unpaired) electrons. The van der Waals surface area contributed by atoms with Crippen molar-refractivity contribution < 1.29 is 28.7 Å². The number of amides is 2. The molecule has 30 heavy (non-hydrogen) atoms. The number of anilines is 1. The summed E-state index contributed by atoms with van der Waals surface area (Å²) in [5.41, 5.74) is 1.24. The zero-order chi connectivity index (χ0) is 21.8. The molecule has 0 spiro atoms. The van der Waals surface area contributed by atoms with Crippen molar-refractivity contribution in [2.24, 2.45) is 0 Å². The van der Waals surface area contributed by atoms with E-state index in [0.29, 0.717) is 23.4 Å². The van der Waals surface area contributed by atoms with E-state index in [0.717, 1.165) is 12.8 Å². The van der Waals surface area contributed by atoms with Gasteiger partial charge < -0.3 is 20.1 Å². The molecule has 0 atom stereocenters. The Bertz CT molecular complexity index is 865. The first kappa shape index (κ1) is 22.6. The minimum absolute atomic E-state index is 0.351. The molecule has 0 unspecified atom stereocenters. The molecule has 0 aliphatic heterocycles. The summed E-state index contributed by atoms with van der Waals surface area (Å²) in [6, 6.07) is 14.6. The van der Waals surface area contributed by atoms with Crippen LogP contribution in [0.2, 0.25) is 0 Å². The molecular weight excluding hydrogens is 388 g/mol. The summed E-state index contributed by atoms with van der Waals surface area (Å²) < 4.78 is 9.95. The van der Waals surface area contributed by atoms with Gasteiger partial charge in [-0.15, -0.1) is 0 Å². The first-order chi connectivity index (χ1) is 14.5. The van der Waals surface area contributed by atoms with Crippen LogP contribution in [0.3, 0.4) is 0 Å². The lowest BCUT2D eigenvalue weighted by molar-refractivity contribution is -0.146. The van der Waals surface area contributed by atoms with Crippen molar-refractivity contribution in [1.29, 1.82) is 0 Å². The van der Waals surface area contributed by atoms with Crippen LogP contribution in [0.15, 0.2) is 54.6 Å². The van der Waals surface area contributed by atoms with Crippen molar-refractivity contribution in [3.05, 3.63) is 65.7 Å². The lowest BCUT2D eigenvalue weighted by Crippen LogP contribution is -2.32. The van der Waals surface area contributed by atoms with Crippen molar-refractivity contribution in [3.63, 3.8) is 0 Å². The van der Waals surface area contributed by atoms with Crippen molar-refractivity contribution in [3.8, 4) is 0 Å². The lowest BCUT2D eigenvalue weighted by atomic mass is 10.2. The van der Waals surface area contributed by atoms with Gasteiger partial charge in [-0.05, 0) is 42.8 Å². The Kier molecular flexibility index (Phi) is 9.05. The number of ether oxygens (including phenoxy) is 2. The van der Waals surface area contributed by atoms with E-state index >= 15 is 0 Å². The molecule has 0 bridgehead atoms. The van der Waals surface area contributed by atoms with Gasteiger partial charge in [-0.1, -0.05) is 31.5 Å². The highest BCUT2D eigenvalue weighted by Crippen LogP contribution is 2.11. The summed E-state index contributed by atoms with van der Waals surface area (Å²) in [4.78, 5) is 47.3. The van der Waals surface area contributed by atoms with Gasteiger partial charge in [-0.2, -0.15) is 0 Å². The van der Waals surface area contributed by atoms with E-state index in [1.54, 1.807) is 42.5 Å². The smallest absolute Gasteiger partial charge is 0.338 e. The van der Waals surface area contributed by atoms with Crippen LogP contribution in [0.1, 0.15) is 40.5 Å². The number of hydrogen-bond donors (Lipinski definition) is 2. The zero-order valence-electron chi connectivity index (χ0n) is 16.7. The fraction of sp³-hybridized carbons (Fsp3) is 0.273. The maximum Gasteiger partial charge on any atom is 0.338 e. The molecule has 2 amide bonds. The maximum absolute atomic E-state index is 11.9. The van der Waals surface area contributed by atoms with Crippen molar-refractivity contribution in [2.75, 3.05) is 25.1 Å². The predicted octanol–water partition coefficient (Wildman–Crippen LogP) is 2.56. The van der Waals surface area contributed by atoms with Gasteiger partial charge in [0.05, 0.1) is 12.2 Å². The van der Waals surface area contributed by atoms with Crippen molar-refractivity contribution in [1.82, 2.24) is 5.32 Å². The van der Waals surface area contributed by atoms with Crippen LogP contribution in [-0.4, -0.2) is 43.5 Å². The molecule has 2 N–H and O–H groups in total. The predicted molar refractivity (Wildman–Crippen MR) is 110 cm³/mol. The Hall–Kier alpha value is -3.68. The maximum atomic E-state index is 11.9. The van der Waals surface area contributed by atoms with Gasteiger partial charge in [-0.3, -0.25) is 14.4 Å². The molecule has 158 valence electrons. The fourth-order valence-electron chi connectivity index (χ4n) is 2.32. The van der Waals surface area contributed by atoms with E-state index in [2.05, 4.69) is 10.6 Å². The Morgan fingerprint density at radius 3 is 2.23 bits per heavy atom. The van der Waals surface area contributed by atoms with Crippen LogP contribution >= 0.6 is 0 Å². The molecule has 0 aliphatic rings. The van der Waals surface area contributed by atoms with E-state index in [1.807, 2.05) is 6.92 Å². The zero-order valence-corrected chi connectivity index (χ0v) is 16.7. The van der Waals surface area contributed by atoms with Crippen LogP contribution in [0.25, 0.3) is 0 Å². The van der Waals surface area contributed by atoms with E-state index in [1.165, 1.54) is 12.1 Å². The standard InChI is InChI=1S/C22H24N2O6/c1-2-3-13-29-22(28)17-9-11-18(12-10-17)24-19(25)15-30-20(26)14-23-21(27)16-7-5-4-6-8-16/h4-12H,2-3,13-15H2,1H3,(H,23,27)(H,24,25). The molecule has 0 saturated heterocycles. The van der Waals surface area contributed by atoms with Gasteiger partial charge in [0.1, 0.15) is 6.54 Å². The van der Waals surface area contributed by atoms with Gasteiger partial charge in [0.25, 0.3) is 11.8 Å². The van der Waals surface area contributed by atoms with E-state index in [9.17, 15) is 19.2 Å². The van der Waals surface area contributed by atoms with Gasteiger partial charge in [0.15, 0.2) is 6.61 Å². The van der Waals surface area contributed by atoms with Crippen LogP contribution in [0, 0.1) is 0 Å². The Morgan fingerprint density at radius 2 is 1.57 bits per heavy atom. The normalized spacial score (nSPS) is 10.0. The highest BCUT2D eigenvalue weighted by Gasteiger charge is 2.11. The number of carbonyl (C=O) groups excluding carboxylic acids is 4. The molecule has 0 aromatic heterocycles. The number of esters is 2. The summed E-state index contributed by atoms with van der Waals surface area (Å²) in [5.74, 6) is -2.12. The van der Waals surface area contributed by atoms with Gasteiger partial charge >= 0.3 is 11.9 Å². The van der Waals surface area contributed by atoms with Crippen LogP contribution < -0.4 is 10.6 Å². The summed E-state index contributed by atoms with van der Waals surface area (Å²) in [6.45, 7) is 1.52. The average Bonchev–Trinajstić information content (AvgIpc) is 2.77. The second-order valence-electron chi connectivity index (χ2n) is 6.32. The first-order valence-electron chi connectivity index (χ1n) is 9.55. The Morgan fingerprint density at radius 1 is 0.867 bits per heavy atom. The van der Waals surface area contributed by atoms with E-state index < -0.39 is 30.4 Å². The molecule has 0 fully saturated rings. The molecule has 0 heterocycles. The topological polar surface area (TPSA) is 111 Å². The molecular formula is C22H24N2O6. The number of unbranched alkanes of at least 4 members (excludes halogenated alkanes) is 1. The molecule has 2 rings (SSSR count). The molecule has 2 aromatic rings. The van der Waals surface area contributed by atoms with Crippen LogP contribution in [-0.2, 0) is 19.1 Å². The average molecular weight is 412 g/mol. The second kappa shape index (κ2) is 12.0. The number of rotatable bonds is 10. The Balaban J connectivity index is 1.70. The van der Waals surface area contributed by atoms with Crippen molar-refractivity contribution >= 4 is 29.4 Å².